The number of furan rings is 1. The molecular formula is C12H17N3O. The number of nitrogens with one attached hydrogen (secondary N) is 1. The second kappa shape index (κ2) is 4.53. The third kappa shape index (κ3) is 2.02. The summed E-state index contributed by atoms with van der Waals surface area (Å²) in [6, 6.07) is 3.95. The van der Waals surface area contributed by atoms with E-state index in [0.717, 1.165) is 36.0 Å². The van der Waals surface area contributed by atoms with E-state index in [1.54, 1.807) is 0 Å². The van der Waals surface area contributed by atoms with Crippen molar-refractivity contribution in [2.45, 2.75) is 13.3 Å². The maximum Gasteiger partial charge on any atom is 0.152 e. The van der Waals surface area contributed by atoms with Gasteiger partial charge in [0.1, 0.15) is 17.3 Å². The van der Waals surface area contributed by atoms with Crippen molar-refractivity contribution in [3.8, 4) is 11.5 Å². The van der Waals surface area contributed by atoms with Crippen LogP contribution in [0.4, 0.5) is 0 Å². The van der Waals surface area contributed by atoms with Gasteiger partial charge in [0, 0.05) is 20.0 Å². The van der Waals surface area contributed by atoms with E-state index < -0.39 is 0 Å². The van der Waals surface area contributed by atoms with Gasteiger partial charge in [-0.2, -0.15) is 0 Å². The summed E-state index contributed by atoms with van der Waals surface area (Å²) in [5.41, 5.74) is 1.03. The Bertz CT molecular complexity index is 470. The number of hydrogen-bond donors (Lipinski definition) is 1. The Morgan fingerprint density at radius 3 is 2.88 bits per heavy atom. The van der Waals surface area contributed by atoms with Crippen LogP contribution >= 0.6 is 0 Å². The van der Waals surface area contributed by atoms with Gasteiger partial charge in [-0.3, -0.25) is 0 Å². The largest absolute Gasteiger partial charge is 0.460 e. The number of aromatic nitrogens is 2. The summed E-state index contributed by atoms with van der Waals surface area (Å²) in [4.78, 5) is 4.40. The molecule has 2 rings (SSSR count). The van der Waals surface area contributed by atoms with Crippen molar-refractivity contribution >= 4 is 0 Å². The van der Waals surface area contributed by atoms with Gasteiger partial charge in [-0.1, -0.05) is 0 Å². The molecule has 0 saturated carbocycles. The molecule has 0 radical (unpaired) electrons. The van der Waals surface area contributed by atoms with Crippen molar-refractivity contribution < 1.29 is 4.42 Å². The highest BCUT2D eigenvalue weighted by molar-refractivity contribution is 5.52. The van der Waals surface area contributed by atoms with E-state index in [-0.39, 0.29) is 0 Å². The van der Waals surface area contributed by atoms with Gasteiger partial charge in [0.25, 0.3) is 0 Å². The molecule has 0 bridgehead atoms. The fourth-order valence-electron chi connectivity index (χ4n) is 1.72. The molecule has 4 heteroatoms. The number of likely N-dealkylation sites (N-methyl/N-ethyl adjacent to an activating group) is 1. The summed E-state index contributed by atoms with van der Waals surface area (Å²) in [6.07, 6.45) is 2.79. The Morgan fingerprint density at radius 1 is 1.44 bits per heavy atom. The van der Waals surface area contributed by atoms with Gasteiger partial charge < -0.3 is 14.3 Å². The lowest BCUT2D eigenvalue weighted by Crippen LogP contribution is -2.13. The fourth-order valence-corrected chi connectivity index (χ4v) is 1.72. The summed E-state index contributed by atoms with van der Waals surface area (Å²) in [5.74, 6) is 2.87. The Hall–Kier alpha value is -1.55. The second-order valence-electron chi connectivity index (χ2n) is 3.88. The maximum atomic E-state index is 5.59. The molecule has 0 aliphatic heterocycles. The van der Waals surface area contributed by atoms with E-state index in [1.165, 1.54) is 0 Å². The average molecular weight is 219 g/mol. The third-order valence-electron chi connectivity index (χ3n) is 2.68. The summed E-state index contributed by atoms with van der Waals surface area (Å²) in [6.45, 7) is 2.88. The summed E-state index contributed by atoms with van der Waals surface area (Å²) in [5, 5.41) is 3.12. The summed E-state index contributed by atoms with van der Waals surface area (Å²) in [7, 11) is 3.96. The van der Waals surface area contributed by atoms with E-state index >= 15 is 0 Å². The van der Waals surface area contributed by atoms with Gasteiger partial charge >= 0.3 is 0 Å². The van der Waals surface area contributed by atoms with Crippen molar-refractivity contribution in [2.24, 2.45) is 7.05 Å². The highest BCUT2D eigenvalue weighted by Gasteiger charge is 2.10. The van der Waals surface area contributed by atoms with Crippen molar-refractivity contribution in [1.82, 2.24) is 14.9 Å². The molecule has 0 unspecified atom stereocenters. The number of hydrogen-bond acceptors (Lipinski definition) is 3. The zero-order valence-corrected chi connectivity index (χ0v) is 9.95. The number of aryl methyl sites for hydroxylation is 1. The number of nitrogens with zero attached hydrogens (tertiary/aromatic N) is 2. The Balaban J connectivity index is 2.26. The topological polar surface area (TPSA) is 43.0 Å². The van der Waals surface area contributed by atoms with Crippen LogP contribution in [-0.4, -0.2) is 23.1 Å². The quantitative estimate of drug-likeness (QED) is 0.852. The van der Waals surface area contributed by atoms with Crippen LogP contribution in [0, 0.1) is 6.92 Å². The van der Waals surface area contributed by atoms with Crippen LogP contribution in [0.5, 0.6) is 0 Å². The Morgan fingerprint density at radius 2 is 2.25 bits per heavy atom. The van der Waals surface area contributed by atoms with Gasteiger partial charge in [0.15, 0.2) is 5.76 Å². The minimum atomic E-state index is 0.878. The number of rotatable bonds is 4. The van der Waals surface area contributed by atoms with Gasteiger partial charge in [-0.05, 0) is 26.1 Å². The first-order valence-corrected chi connectivity index (χ1v) is 5.44. The molecule has 16 heavy (non-hydrogen) atoms. The normalized spacial score (nSPS) is 10.9. The van der Waals surface area contributed by atoms with Crippen LogP contribution in [-0.2, 0) is 13.5 Å². The predicted octanol–water partition coefficient (Wildman–Crippen LogP) is 1.75. The van der Waals surface area contributed by atoms with E-state index in [2.05, 4.69) is 14.9 Å². The van der Waals surface area contributed by atoms with Crippen LogP contribution in [0.2, 0.25) is 0 Å². The lowest BCUT2D eigenvalue weighted by atomic mass is 10.3. The first-order valence-electron chi connectivity index (χ1n) is 5.44. The molecule has 0 saturated heterocycles. The smallest absolute Gasteiger partial charge is 0.152 e. The Kier molecular flexibility index (Phi) is 3.10. The molecule has 0 aromatic carbocycles. The molecule has 0 spiro atoms. The first-order chi connectivity index (χ1) is 7.72. The summed E-state index contributed by atoms with van der Waals surface area (Å²) < 4.78 is 7.67. The highest BCUT2D eigenvalue weighted by Crippen LogP contribution is 2.22. The third-order valence-corrected chi connectivity index (χ3v) is 2.68. The number of imidazole rings is 1. The van der Waals surface area contributed by atoms with Crippen LogP contribution in [0.3, 0.4) is 0 Å². The predicted molar refractivity (Wildman–Crippen MR) is 63.3 cm³/mol. The molecule has 0 fully saturated rings. The van der Waals surface area contributed by atoms with Gasteiger partial charge in [-0.25, -0.2) is 4.98 Å². The molecule has 2 aromatic heterocycles. The van der Waals surface area contributed by atoms with Crippen LogP contribution in [0.25, 0.3) is 11.5 Å². The monoisotopic (exact) mass is 219 g/mol. The molecule has 0 amide bonds. The molecule has 2 heterocycles. The van der Waals surface area contributed by atoms with Crippen LogP contribution in [0.1, 0.15) is 11.6 Å². The van der Waals surface area contributed by atoms with E-state index in [0.29, 0.717) is 0 Å². The SMILES string of the molecule is CNCCc1ncc(-c2ccc(C)o2)n1C. The average Bonchev–Trinajstić information content (AvgIpc) is 2.83. The zero-order chi connectivity index (χ0) is 11.5. The van der Waals surface area contributed by atoms with Crippen molar-refractivity contribution in [3.05, 3.63) is 29.9 Å². The van der Waals surface area contributed by atoms with Crippen molar-refractivity contribution in [2.75, 3.05) is 13.6 Å². The van der Waals surface area contributed by atoms with Gasteiger partial charge in [0.2, 0.25) is 0 Å². The lowest BCUT2D eigenvalue weighted by Gasteiger charge is -2.03. The van der Waals surface area contributed by atoms with Gasteiger partial charge in [0.05, 0.1) is 6.20 Å². The molecule has 0 aliphatic rings. The molecule has 4 nitrogen and oxygen atoms in total. The minimum absolute atomic E-state index is 0.878. The van der Waals surface area contributed by atoms with E-state index in [4.69, 9.17) is 4.42 Å². The molecule has 0 atom stereocenters. The van der Waals surface area contributed by atoms with E-state index in [1.807, 2.05) is 39.3 Å². The standard InChI is InChI=1S/C12H17N3O/c1-9-4-5-11(16-9)10-8-14-12(15(10)3)6-7-13-2/h4-5,8,13H,6-7H2,1-3H3. The minimum Gasteiger partial charge on any atom is -0.460 e. The van der Waals surface area contributed by atoms with Crippen molar-refractivity contribution in [1.29, 1.82) is 0 Å². The molecular weight excluding hydrogens is 202 g/mol. The summed E-state index contributed by atoms with van der Waals surface area (Å²) >= 11 is 0. The van der Waals surface area contributed by atoms with Crippen LogP contribution < -0.4 is 5.32 Å². The zero-order valence-electron chi connectivity index (χ0n) is 9.95. The van der Waals surface area contributed by atoms with Crippen LogP contribution in [0.15, 0.2) is 22.7 Å². The lowest BCUT2D eigenvalue weighted by molar-refractivity contribution is 0.543. The Labute approximate surface area is 95.3 Å². The van der Waals surface area contributed by atoms with Gasteiger partial charge in [-0.15, -0.1) is 0 Å². The molecule has 86 valence electrons. The maximum absolute atomic E-state index is 5.59. The molecule has 1 N–H and O–H groups in total. The fraction of sp³-hybridized carbons (Fsp3) is 0.417. The van der Waals surface area contributed by atoms with Crippen molar-refractivity contribution in [3.63, 3.8) is 0 Å². The molecule has 0 aliphatic carbocycles. The highest BCUT2D eigenvalue weighted by atomic mass is 16.3. The molecule has 2 aromatic rings. The second-order valence-corrected chi connectivity index (χ2v) is 3.88. The van der Waals surface area contributed by atoms with E-state index in [9.17, 15) is 0 Å². The first kappa shape index (κ1) is 11.0.